The van der Waals surface area contributed by atoms with Gasteiger partial charge in [-0.2, -0.15) is 13.2 Å². The van der Waals surface area contributed by atoms with Crippen molar-refractivity contribution in [2.45, 2.75) is 13.1 Å². The van der Waals surface area contributed by atoms with Crippen LogP contribution in [-0.2, 0) is 0 Å². The SMILES string of the molecule is C=C(/C=C(/c1ccc(C)s1)N(C)N)C(F)(F)F. The number of alkyl halides is 3. The van der Waals surface area contributed by atoms with Gasteiger partial charge in [-0.25, -0.2) is 5.84 Å². The van der Waals surface area contributed by atoms with Crippen molar-refractivity contribution in [3.05, 3.63) is 40.1 Å². The zero-order valence-corrected chi connectivity index (χ0v) is 10.3. The molecule has 0 aromatic carbocycles. The zero-order chi connectivity index (χ0) is 13.2. The van der Waals surface area contributed by atoms with Crippen molar-refractivity contribution >= 4 is 17.0 Å². The van der Waals surface area contributed by atoms with Crippen LogP contribution in [0, 0.1) is 6.92 Å². The number of rotatable bonds is 3. The van der Waals surface area contributed by atoms with Crippen LogP contribution in [0.3, 0.4) is 0 Å². The molecule has 0 aliphatic rings. The number of halogens is 3. The first-order valence-electron chi connectivity index (χ1n) is 4.75. The molecule has 1 rings (SSSR count). The summed E-state index contributed by atoms with van der Waals surface area (Å²) in [6.45, 7) is 4.88. The van der Waals surface area contributed by atoms with Gasteiger partial charge in [-0.15, -0.1) is 11.3 Å². The summed E-state index contributed by atoms with van der Waals surface area (Å²) in [6, 6.07) is 3.56. The number of nitrogens with two attached hydrogens (primary N) is 1. The summed E-state index contributed by atoms with van der Waals surface area (Å²) in [6.07, 6.45) is -3.49. The highest BCUT2D eigenvalue weighted by atomic mass is 32.1. The first kappa shape index (κ1) is 13.8. The van der Waals surface area contributed by atoms with Crippen molar-refractivity contribution in [3.63, 3.8) is 0 Å². The third kappa shape index (κ3) is 3.61. The van der Waals surface area contributed by atoms with E-state index >= 15 is 0 Å². The molecule has 0 unspecified atom stereocenters. The molecule has 17 heavy (non-hydrogen) atoms. The van der Waals surface area contributed by atoms with E-state index in [1.54, 1.807) is 6.07 Å². The molecule has 0 spiro atoms. The minimum atomic E-state index is -4.44. The third-order valence-corrected chi connectivity index (χ3v) is 3.07. The van der Waals surface area contributed by atoms with Crippen LogP contribution in [0.15, 0.2) is 30.4 Å². The first-order valence-corrected chi connectivity index (χ1v) is 5.56. The number of hydrogen-bond donors (Lipinski definition) is 1. The van der Waals surface area contributed by atoms with Crippen molar-refractivity contribution in [1.29, 1.82) is 0 Å². The van der Waals surface area contributed by atoms with Gasteiger partial charge in [-0.05, 0) is 25.1 Å². The van der Waals surface area contributed by atoms with Crippen LogP contribution in [0.25, 0.3) is 5.70 Å². The second kappa shape index (κ2) is 4.93. The van der Waals surface area contributed by atoms with Gasteiger partial charge in [0.2, 0.25) is 0 Å². The van der Waals surface area contributed by atoms with Gasteiger partial charge >= 0.3 is 6.18 Å². The Morgan fingerprint density at radius 1 is 1.47 bits per heavy atom. The second-order valence-electron chi connectivity index (χ2n) is 3.57. The Kier molecular flexibility index (Phi) is 4.00. The fraction of sp³-hybridized carbons (Fsp3) is 0.273. The van der Waals surface area contributed by atoms with Gasteiger partial charge in [0.1, 0.15) is 0 Å². The van der Waals surface area contributed by atoms with E-state index in [4.69, 9.17) is 5.84 Å². The molecule has 2 nitrogen and oxygen atoms in total. The summed E-state index contributed by atoms with van der Waals surface area (Å²) in [4.78, 5) is 1.68. The maximum Gasteiger partial charge on any atom is 0.415 e. The van der Waals surface area contributed by atoms with Crippen LogP contribution in [0.2, 0.25) is 0 Å². The maximum atomic E-state index is 12.4. The molecule has 0 fully saturated rings. The van der Waals surface area contributed by atoms with E-state index in [1.807, 2.05) is 13.0 Å². The highest BCUT2D eigenvalue weighted by molar-refractivity contribution is 7.13. The van der Waals surface area contributed by atoms with E-state index in [0.717, 1.165) is 16.0 Å². The molecule has 0 saturated heterocycles. The van der Waals surface area contributed by atoms with Crippen LogP contribution in [-0.4, -0.2) is 18.2 Å². The molecular formula is C11H13F3N2S. The summed E-state index contributed by atoms with van der Waals surface area (Å²) in [5.41, 5.74) is -0.624. The monoisotopic (exact) mass is 262 g/mol. The highest BCUT2D eigenvalue weighted by Crippen LogP contribution is 2.30. The Morgan fingerprint density at radius 2 is 2.06 bits per heavy atom. The minimum Gasteiger partial charge on any atom is -0.313 e. The van der Waals surface area contributed by atoms with E-state index in [2.05, 4.69) is 6.58 Å². The maximum absolute atomic E-state index is 12.4. The smallest absolute Gasteiger partial charge is 0.313 e. The van der Waals surface area contributed by atoms with Crippen LogP contribution in [0.1, 0.15) is 9.75 Å². The van der Waals surface area contributed by atoms with Gasteiger partial charge in [0.15, 0.2) is 0 Å². The van der Waals surface area contributed by atoms with Gasteiger partial charge in [0.05, 0.1) is 16.1 Å². The first-order chi connectivity index (χ1) is 7.71. The van der Waals surface area contributed by atoms with Gasteiger partial charge in [0, 0.05) is 11.9 Å². The lowest BCUT2D eigenvalue weighted by Gasteiger charge is -2.16. The van der Waals surface area contributed by atoms with E-state index in [0.29, 0.717) is 10.6 Å². The average molecular weight is 262 g/mol. The van der Waals surface area contributed by atoms with Crippen molar-refractivity contribution < 1.29 is 13.2 Å². The third-order valence-electron chi connectivity index (χ3n) is 2.05. The van der Waals surface area contributed by atoms with Gasteiger partial charge in [-0.1, -0.05) is 6.58 Å². The molecule has 1 aromatic heterocycles. The molecule has 0 bridgehead atoms. The van der Waals surface area contributed by atoms with Crippen LogP contribution in [0.4, 0.5) is 13.2 Å². The van der Waals surface area contributed by atoms with Crippen molar-refractivity contribution in [2.75, 3.05) is 7.05 Å². The Labute approximate surface area is 102 Å². The molecule has 1 aromatic rings. The van der Waals surface area contributed by atoms with E-state index in [9.17, 15) is 13.2 Å². The molecule has 0 radical (unpaired) electrons. The number of nitrogens with zero attached hydrogens (tertiary/aromatic N) is 1. The van der Waals surface area contributed by atoms with Crippen LogP contribution in [0.5, 0.6) is 0 Å². The number of hydrazine groups is 1. The Morgan fingerprint density at radius 3 is 2.41 bits per heavy atom. The van der Waals surface area contributed by atoms with E-state index in [-0.39, 0.29) is 0 Å². The number of allylic oxidation sites excluding steroid dienone is 2. The second-order valence-corrected chi connectivity index (χ2v) is 4.86. The molecule has 94 valence electrons. The molecular weight excluding hydrogens is 249 g/mol. The molecule has 2 N–H and O–H groups in total. The van der Waals surface area contributed by atoms with Gasteiger partial charge in [-0.3, -0.25) is 0 Å². The number of aryl methyl sites for hydroxylation is 1. The average Bonchev–Trinajstić information content (AvgIpc) is 2.58. The Balaban J connectivity index is 3.11. The summed E-state index contributed by atoms with van der Waals surface area (Å²) < 4.78 is 37.2. The minimum absolute atomic E-state index is 0.297. The standard InChI is InChI=1S/C11H13F3N2S/c1-7(11(12,13)14)6-9(16(3)15)10-5-4-8(2)17-10/h4-6H,1,15H2,2-3H3/b9-6-. The molecule has 0 aliphatic heterocycles. The Bertz CT molecular complexity index is 444. The van der Waals surface area contributed by atoms with Crippen LogP contribution < -0.4 is 5.84 Å². The van der Waals surface area contributed by atoms with E-state index < -0.39 is 11.7 Å². The van der Waals surface area contributed by atoms with Crippen LogP contribution >= 0.6 is 11.3 Å². The molecule has 0 aliphatic carbocycles. The summed E-state index contributed by atoms with van der Waals surface area (Å²) in [7, 11) is 1.49. The number of hydrogen-bond acceptors (Lipinski definition) is 3. The number of thiophene rings is 1. The predicted octanol–water partition coefficient (Wildman–Crippen LogP) is 3.32. The lowest BCUT2D eigenvalue weighted by Crippen LogP contribution is -2.24. The molecule has 0 saturated carbocycles. The molecule has 0 amide bonds. The van der Waals surface area contributed by atoms with Gasteiger partial charge in [0.25, 0.3) is 0 Å². The van der Waals surface area contributed by atoms with Crippen molar-refractivity contribution in [2.24, 2.45) is 5.84 Å². The largest absolute Gasteiger partial charge is 0.415 e. The van der Waals surface area contributed by atoms with Gasteiger partial charge < -0.3 is 5.01 Å². The quantitative estimate of drug-likeness (QED) is 0.514. The lowest BCUT2D eigenvalue weighted by atomic mass is 10.2. The topological polar surface area (TPSA) is 29.3 Å². The summed E-state index contributed by atoms with van der Waals surface area (Å²) in [5, 5.41) is 1.15. The molecule has 6 heteroatoms. The zero-order valence-electron chi connectivity index (χ0n) is 9.51. The summed E-state index contributed by atoms with van der Waals surface area (Å²) >= 11 is 1.38. The van der Waals surface area contributed by atoms with E-state index in [1.165, 1.54) is 18.4 Å². The Hall–Kier alpha value is -1.27. The molecule has 1 heterocycles. The fourth-order valence-corrected chi connectivity index (χ4v) is 2.09. The van der Waals surface area contributed by atoms with Crippen molar-refractivity contribution in [3.8, 4) is 0 Å². The molecule has 0 atom stereocenters. The highest BCUT2D eigenvalue weighted by Gasteiger charge is 2.31. The summed E-state index contributed by atoms with van der Waals surface area (Å²) in [5.74, 6) is 5.53. The predicted molar refractivity (Wildman–Crippen MR) is 64.2 cm³/mol. The lowest BCUT2D eigenvalue weighted by molar-refractivity contribution is -0.0878. The fourth-order valence-electron chi connectivity index (χ4n) is 1.17. The van der Waals surface area contributed by atoms with Crippen molar-refractivity contribution in [1.82, 2.24) is 5.01 Å². The normalized spacial score (nSPS) is 12.7.